The van der Waals surface area contributed by atoms with Crippen LogP contribution in [0.4, 0.5) is 11.4 Å². The first-order valence-electron chi connectivity index (χ1n) is 9.13. The lowest BCUT2D eigenvalue weighted by Gasteiger charge is -2.10. The van der Waals surface area contributed by atoms with E-state index in [9.17, 15) is 9.59 Å². The average Bonchev–Trinajstić information content (AvgIpc) is 2.78. The Kier molecular flexibility index (Phi) is 6.84. The van der Waals surface area contributed by atoms with E-state index >= 15 is 0 Å². The number of methoxy groups -OCH3 is 1. The summed E-state index contributed by atoms with van der Waals surface area (Å²) in [5.41, 5.74) is 2.97. The van der Waals surface area contributed by atoms with Crippen LogP contribution < -0.4 is 15.4 Å². The highest BCUT2D eigenvalue weighted by Gasteiger charge is 2.06. The minimum atomic E-state index is -0.398. The molecule has 0 aliphatic rings. The van der Waals surface area contributed by atoms with Crippen LogP contribution in [0.15, 0.2) is 78.9 Å². The van der Waals surface area contributed by atoms with Crippen LogP contribution in [-0.4, -0.2) is 25.5 Å². The van der Waals surface area contributed by atoms with Crippen LogP contribution >= 0.6 is 0 Å². The molecule has 0 aliphatic heterocycles. The lowest BCUT2D eigenvalue weighted by Crippen LogP contribution is -2.21. The Morgan fingerprint density at radius 3 is 2.14 bits per heavy atom. The number of ether oxygens (including phenoxy) is 2. The van der Waals surface area contributed by atoms with E-state index in [1.807, 2.05) is 42.5 Å². The normalized spacial score (nSPS) is 10.1. The quantitative estimate of drug-likeness (QED) is 0.566. The van der Waals surface area contributed by atoms with Gasteiger partial charge < -0.3 is 20.1 Å². The van der Waals surface area contributed by atoms with E-state index in [0.717, 1.165) is 17.0 Å². The molecule has 0 saturated heterocycles. The minimum Gasteiger partial charge on any atom is -0.489 e. The number of carbonyl (C=O) groups excluding carboxylic acids is 2. The van der Waals surface area contributed by atoms with Gasteiger partial charge in [-0.3, -0.25) is 4.79 Å². The van der Waals surface area contributed by atoms with Crippen LogP contribution in [0.5, 0.6) is 5.75 Å². The molecule has 0 unspecified atom stereocenters. The van der Waals surface area contributed by atoms with Crippen LogP contribution in [0.25, 0.3) is 0 Å². The van der Waals surface area contributed by atoms with E-state index in [0.29, 0.717) is 17.9 Å². The Balaban J connectivity index is 1.45. The smallest absolute Gasteiger partial charge is 0.337 e. The van der Waals surface area contributed by atoms with E-state index in [2.05, 4.69) is 15.4 Å². The van der Waals surface area contributed by atoms with Gasteiger partial charge in [0.15, 0.2) is 0 Å². The molecule has 3 rings (SSSR count). The molecule has 0 heterocycles. The van der Waals surface area contributed by atoms with Gasteiger partial charge >= 0.3 is 5.97 Å². The van der Waals surface area contributed by atoms with E-state index in [4.69, 9.17) is 4.74 Å². The van der Waals surface area contributed by atoms with Gasteiger partial charge in [-0.25, -0.2) is 4.79 Å². The van der Waals surface area contributed by atoms with Crippen molar-refractivity contribution < 1.29 is 19.1 Å². The highest BCUT2D eigenvalue weighted by molar-refractivity contribution is 5.94. The van der Waals surface area contributed by atoms with Gasteiger partial charge in [0.2, 0.25) is 5.91 Å². The van der Waals surface area contributed by atoms with Crippen molar-refractivity contribution >= 4 is 23.3 Å². The third-order valence-electron chi connectivity index (χ3n) is 4.15. The van der Waals surface area contributed by atoms with Crippen LogP contribution in [0, 0.1) is 0 Å². The van der Waals surface area contributed by atoms with Crippen LogP contribution in [0.3, 0.4) is 0 Å². The number of nitrogens with one attached hydrogen (secondary N) is 2. The number of hydrogen-bond acceptors (Lipinski definition) is 5. The summed E-state index contributed by atoms with van der Waals surface area (Å²) in [7, 11) is 1.33. The van der Waals surface area contributed by atoms with E-state index < -0.39 is 5.97 Å². The number of anilines is 2. The molecule has 3 aromatic carbocycles. The molecular weight excluding hydrogens is 368 g/mol. The predicted molar refractivity (Wildman–Crippen MR) is 112 cm³/mol. The maximum absolute atomic E-state index is 12.1. The van der Waals surface area contributed by atoms with Crippen molar-refractivity contribution in [2.24, 2.45) is 0 Å². The molecule has 0 radical (unpaired) electrons. The largest absolute Gasteiger partial charge is 0.489 e. The number of esters is 1. The van der Waals surface area contributed by atoms with E-state index in [-0.39, 0.29) is 12.5 Å². The van der Waals surface area contributed by atoms with Gasteiger partial charge in [0.25, 0.3) is 0 Å². The summed E-state index contributed by atoms with van der Waals surface area (Å²) in [5, 5.41) is 5.83. The number of hydrogen-bond donors (Lipinski definition) is 2. The third kappa shape index (κ3) is 6.10. The Morgan fingerprint density at radius 1 is 0.828 bits per heavy atom. The fourth-order valence-corrected chi connectivity index (χ4v) is 2.60. The minimum absolute atomic E-state index is 0.101. The third-order valence-corrected chi connectivity index (χ3v) is 4.15. The monoisotopic (exact) mass is 390 g/mol. The first-order chi connectivity index (χ1) is 14.1. The molecule has 0 aromatic heterocycles. The first kappa shape index (κ1) is 19.9. The Bertz CT molecular complexity index is 939. The van der Waals surface area contributed by atoms with Crippen molar-refractivity contribution in [1.82, 2.24) is 0 Å². The van der Waals surface area contributed by atoms with Crippen molar-refractivity contribution in [3.63, 3.8) is 0 Å². The van der Waals surface area contributed by atoms with Gasteiger partial charge in [0, 0.05) is 11.4 Å². The van der Waals surface area contributed by atoms with Crippen LogP contribution in [0.1, 0.15) is 15.9 Å². The molecule has 2 N–H and O–H groups in total. The fraction of sp³-hybridized carbons (Fsp3) is 0.130. The summed E-state index contributed by atoms with van der Waals surface area (Å²) in [6, 6.07) is 23.9. The molecule has 3 aromatic rings. The second-order valence-corrected chi connectivity index (χ2v) is 6.27. The number of rotatable bonds is 8. The van der Waals surface area contributed by atoms with Crippen molar-refractivity contribution in [2.75, 3.05) is 24.3 Å². The Hall–Kier alpha value is -3.80. The summed E-state index contributed by atoms with van der Waals surface area (Å²) in [6.07, 6.45) is 0. The zero-order valence-corrected chi connectivity index (χ0v) is 16.1. The highest BCUT2D eigenvalue weighted by Crippen LogP contribution is 2.17. The molecule has 1 amide bonds. The van der Waals surface area contributed by atoms with Gasteiger partial charge in [-0.05, 0) is 54.1 Å². The lowest BCUT2D eigenvalue weighted by molar-refractivity contribution is -0.114. The van der Waals surface area contributed by atoms with Crippen molar-refractivity contribution in [2.45, 2.75) is 6.61 Å². The second-order valence-electron chi connectivity index (χ2n) is 6.27. The SMILES string of the molecule is COC(=O)c1ccc(NCC(=O)Nc2ccc(OCc3ccccc3)cc2)cc1. The van der Waals surface area contributed by atoms with Gasteiger partial charge in [-0.2, -0.15) is 0 Å². The maximum Gasteiger partial charge on any atom is 0.337 e. The van der Waals surface area contributed by atoms with Crippen LogP contribution in [-0.2, 0) is 16.1 Å². The molecular formula is C23H22N2O4. The van der Waals surface area contributed by atoms with E-state index in [1.54, 1.807) is 36.4 Å². The Morgan fingerprint density at radius 2 is 1.48 bits per heavy atom. The summed E-state index contributed by atoms with van der Waals surface area (Å²) in [6.45, 7) is 0.592. The average molecular weight is 390 g/mol. The summed E-state index contributed by atoms with van der Waals surface area (Å²) >= 11 is 0. The molecule has 6 nitrogen and oxygen atoms in total. The number of amides is 1. The van der Waals surface area contributed by atoms with Crippen molar-refractivity contribution in [3.05, 3.63) is 90.0 Å². The topological polar surface area (TPSA) is 76.7 Å². The van der Waals surface area contributed by atoms with Gasteiger partial charge in [-0.1, -0.05) is 30.3 Å². The summed E-state index contributed by atoms with van der Waals surface area (Å²) in [5.74, 6) is 0.154. The summed E-state index contributed by atoms with van der Waals surface area (Å²) < 4.78 is 10.4. The van der Waals surface area contributed by atoms with Gasteiger partial charge in [0.05, 0.1) is 19.2 Å². The van der Waals surface area contributed by atoms with Crippen LogP contribution in [0.2, 0.25) is 0 Å². The number of benzene rings is 3. The molecule has 0 spiro atoms. The highest BCUT2D eigenvalue weighted by atomic mass is 16.5. The summed E-state index contributed by atoms with van der Waals surface area (Å²) in [4.78, 5) is 23.5. The molecule has 148 valence electrons. The zero-order chi connectivity index (χ0) is 20.5. The number of carbonyl (C=O) groups is 2. The molecule has 0 atom stereocenters. The zero-order valence-electron chi connectivity index (χ0n) is 16.1. The fourth-order valence-electron chi connectivity index (χ4n) is 2.60. The van der Waals surface area contributed by atoms with Gasteiger partial charge in [0.1, 0.15) is 12.4 Å². The van der Waals surface area contributed by atoms with Crippen molar-refractivity contribution in [3.8, 4) is 5.75 Å². The molecule has 29 heavy (non-hydrogen) atoms. The molecule has 0 bridgehead atoms. The predicted octanol–water partition coefficient (Wildman–Crippen LogP) is 4.10. The Labute approximate surface area is 169 Å². The molecule has 0 fully saturated rings. The second kappa shape index (κ2) is 9.94. The first-order valence-corrected chi connectivity index (χ1v) is 9.13. The van der Waals surface area contributed by atoms with E-state index in [1.165, 1.54) is 7.11 Å². The standard InChI is InChI=1S/C23H22N2O4/c1-28-23(27)18-7-9-19(10-8-18)24-15-22(26)25-20-11-13-21(14-12-20)29-16-17-5-3-2-4-6-17/h2-14,24H,15-16H2,1H3,(H,25,26). The van der Waals surface area contributed by atoms with Gasteiger partial charge in [-0.15, -0.1) is 0 Å². The molecule has 6 heteroatoms. The van der Waals surface area contributed by atoms with Crippen molar-refractivity contribution in [1.29, 1.82) is 0 Å². The maximum atomic E-state index is 12.1. The lowest BCUT2D eigenvalue weighted by atomic mass is 10.2. The molecule has 0 saturated carbocycles. The molecule has 0 aliphatic carbocycles.